The fourth-order valence-electron chi connectivity index (χ4n) is 1.62. The summed E-state index contributed by atoms with van der Waals surface area (Å²) in [5.41, 5.74) is 1.66. The van der Waals surface area contributed by atoms with Gasteiger partial charge in [-0.2, -0.15) is 21.9 Å². The molecule has 0 atom stereocenters. The van der Waals surface area contributed by atoms with Gasteiger partial charge in [-0.3, -0.25) is 0 Å². The molecule has 0 aliphatic carbocycles. The van der Waals surface area contributed by atoms with Crippen LogP contribution in [-0.4, -0.2) is 34.7 Å². The Morgan fingerprint density at radius 2 is 1.90 bits per heavy atom. The fraction of sp³-hybridized carbons (Fsp3) is 0.455. The molecule has 2 aromatic rings. The van der Waals surface area contributed by atoms with Gasteiger partial charge in [0.05, 0.1) is 27.5 Å². The molecule has 0 fully saturated rings. The summed E-state index contributed by atoms with van der Waals surface area (Å²) in [6.45, 7) is -0.850. The number of nitrogens with one attached hydrogen (secondary N) is 1. The Kier molecular flexibility index (Phi) is 5.48. The summed E-state index contributed by atoms with van der Waals surface area (Å²) in [6, 6.07) is 1.55. The lowest BCUT2D eigenvalue weighted by molar-refractivity contribution is -0.173. The highest BCUT2D eigenvalue weighted by Gasteiger charge is 2.27. The third-order valence-electron chi connectivity index (χ3n) is 2.48. The van der Waals surface area contributed by atoms with E-state index in [-0.39, 0.29) is 6.61 Å². The maximum absolute atomic E-state index is 11.9. The molecule has 0 saturated heterocycles. The lowest BCUT2D eigenvalue weighted by Gasteiger charge is -2.10. The molecule has 1 N–H and O–H groups in total. The molecule has 0 spiro atoms. The SMILES string of the molecule is FC(F)(F)COCCCNc1c(Cl)cc(Cl)c2nsnc12. The summed E-state index contributed by atoms with van der Waals surface area (Å²) in [5.74, 6) is 0. The number of anilines is 1. The molecule has 2 rings (SSSR count). The Bertz CT molecular complexity index is 621. The van der Waals surface area contributed by atoms with E-state index in [0.29, 0.717) is 39.7 Å². The molecular formula is C11H10Cl2F3N3OS. The predicted molar refractivity (Wildman–Crippen MR) is 77.4 cm³/mol. The molecule has 0 aliphatic heterocycles. The van der Waals surface area contributed by atoms with Crippen molar-refractivity contribution in [1.82, 2.24) is 8.75 Å². The van der Waals surface area contributed by atoms with Gasteiger partial charge in [0, 0.05) is 13.2 Å². The van der Waals surface area contributed by atoms with E-state index >= 15 is 0 Å². The van der Waals surface area contributed by atoms with E-state index in [1.54, 1.807) is 6.07 Å². The molecule has 1 aromatic heterocycles. The Morgan fingerprint density at radius 1 is 1.19 bits per heavy atom. The Morgan fingerprint density at radius 3 is 2.62 bits per heavy atom. The number of rotatable bonds is 6. The van der Waals surface area contributed by atoms with E-state index in [0.717, 1.165) is 11.7 Å². The molecule has 116 valence electrons. The number of aromatic nitrogens is 2. The number of hydrogen-bond acceptors (Lipinski definition) is 5. The van der Waals surface area contributed by atoms with Gasteiger partial charge in [0.2, 0.25) is 0 Å². The molecule has 0 saturated carbocycles. The number of fused-ring (bicyclic) bond motifs is 1. The van der Waals surface area contributed by atoms with E-state index in [1.807, 2.05) is 0 Å². The molecular weight excluding hydrogens is 350 g/mol. The maximum Gasteiger partial charge on any atom is 0.411 e. The van der Waals surface area contributed by atoms with Gasteiger partial charge in [0.1, 0.15) is 17.6 Å². The molecule has 0 aliphatic rings. The topological polar surface area (TPSA) is 47.0 Å². The van der Waals surface area contributed by atoms with Crippen LogP contribution >= 0.6 is 34.9 Å². The number of alkyl halides is 3. The van der Waals surface area contributed by atoms with Gasteiger partial charge >= 0.3 is 6.18 Å². The molecule has 1 aromatic carbocycles. The van der Waals surface area contributed by atoms with E-state index < -0.39 is 12.8 Å². The van der Waals surface area contributed by atoms with Crippen LogP contribution in [0.15, 0.2) is 6.07 Å². The first-order chi connectivity index (χ1) is 9.88. The average Bonchev–Trinajstić information content (AvgIpc) is 2.85. The molecule has 0 bridgehead atoms. The van der Waals surface area contributed by atoms with Crippen LogP contribution in [0.1, 0.15) is 6.42 Å². The van der Waals surface area contributed by atoms with Crippen molar-refractivity contribution >= 4 is 51.7 Å². The Balaban J connectivity index is 1.88. The average molecular weight is 360 g/mol. The van der Waals surface area contributed by atoms with Crippen molar-refractivity contribution < 1.29 is 17.9 Å². The molecule has 0 unspecified atom stereocenters. The van der Waals surface area contributed by atoms with E-state index in [4.69, 9.17) is 23.2 Å². The van der Waals surface area contributed by atoms with Crippen molar-refractivity contribution in [1.29, 1.82) is 0 Å². The highest BCUT2D eigenvalue weighted by Crippen LogP contribution is 2.35. The molecule has 0 amide bonds. The number of benzene rings is 1. The third-order valence-corrected chi connectivity index (χ3v) is 3.59. The first-order valence-corrected chi connectivity index (χ1v) is 7.36. The highest BCUT2D eigenvalue weighted by molar-refractivity contribution is 7.00. The standard InChI is InChI=1S/C11H10Cl2F3N3OS/c12-6-4-7(13)9-10(19-21-18-9)8(6)17-2-1-3-20-5-11(14,15)16/h4,17H,1-3,5H2. The summed E-state index contributed by atoms with van der Waals surface area (Å²) in [6.07, 6.45) is -3.90. The van der Waals surface area contributed by atoms with Gasteiger partial charge in [-0.25, -0.2) is 0 Å². The first-order valence-electron chi connectivity index (χ1n) is 5.87. The van der Waals surface area contributed by atoms with Crippen LogP contribution in [0, 0.1) is 0 Å². The second-order valence-corrected chi connectivity index (χ2v) is 5.47. The summed E-state index contributed by atoms with van der Waals surface area (Å²) in [7, 11) is 0. The minimum atomic E-state index is -4.30. The van der Waals surface area contributed by atoms with Crippen molar-refractivity contribution in [2.45, 2.75) is 12.6 Å². The van der Waals surface area contributed by atoms with E-state index in [2.05, 4.69) is 18.8 Å². The molecule has 21 heavy (non-hydrogen) atoms. The van der Waals surface area contributed by atoms with Crippen LogP contribution in [0.5, 0.6) is 0 Å². The lowest BCUT2D eigenvalue weighted by atomic mass is 10.2. The predicted octanol–water partition coefficient (Wildman–Crippen LogP) is 4.38. The van der Waals surface area contributed by atoms with Crippen molar-refractivity contribution in [3.63, 3.8) is 0 Å². The second kappa shape index (κ2) is 6.95. The third kappa shape index (κ3) is 4.57. The normalized spacial score (nSPS) is 12.0. The molecule has 1 heterocycles. The van der Waals surface area contributed by atoms with Gasteiger partial charge in [-0.05, 0) is 12.5 Å². The van der Waals surface area contributed by atoms with Crippen LogP contribution in [-0.2, 0) is 4.74 Å². The van der Waals surface area contributed by atoms with Crippen LogP contribution in [0.4, 0.5) is 18.9 Å². The maximum atomic E-state index is 11.9. The Hall–Kier alpha value is -0.830. The lowest BCUT2D eigenvalue weighted by Crippen LogP contribution is -2.18. The van der Waals surface area contributed by atoms with Gasteiger partial charge in [-0.1, -0.05) is 23.2 Å². The van der Waals surface area contributed by atoms with Crippen molar-refractivity contribution in [2.24, 2.45) is 0 Å². The molecule has 0 radical (unpaired) electrons. The second-order valence-electron chi connectivity index (χ2n) is 4.12. The number of hydrogen-bond donors (Lipinski definition) is 1. The van der Waals surface area contributed by atoms with Crippen LogP contribution in [0.3, 0.4) is 0 Å². The minimum Gasteiger partial charge on any atom is -0.382 e. The fourth-order valence-corrected chi connectivity index (χ4v) is 2.80. The Labute approximate surface area is 132 Å². The van der Waals surface area contributed by atoms with Crippen LogP contribution in [0.25, 0.3) is 11.0 Å². The zero-order valence-electron chi connectivity index (χ0n) is 10.5. The van der Waals surface area contributed by atoms with Gasteiger partial charge in [0.15, 0.2) is 0 Å². The summed E-state index contributed by atoms with van der Waals surface area (Å²) >= 11 is 13.1. The van der Waals surface area contributed by atoms with Gasteiger partial charge < -0.3 is 10.1 Å². The number of halogens is 5. The smallest absolute Gasteiger partial charge is 0.382 e. The van der Waals surface area contributed by atoms with E-state index in [9.17, 15) is 13.2 Å². The zero-order valence-corrected chi connectivity index (χ0v) is 12.8. The molecule has 4 nitrogen and oxygen atoms in total. The van der Waals surface area contributed by atoms with Gasteiger partial charge in [-0.15, -0.1) is 0 Å². The summed E-state index contributed by atoms with van der Waals surface area (Å²) in [4.78, 5) is 0. The molecule has 10 heteroatoms. The van der Waals surface area contributed by atoms with E-state index in [1.165, 1.54) is 0 Å². The quantitative estimate of drug-likeness (QED) is 0.777. The zero-order chi connectivity index (χ0) is 15.5. The van der Waals surface area contributed by atoms with Crippen LogP contribution < -0.4 is 5.32 Å². The van der Waals surface area contributed by atoms with Crippen LogP contribution in [0.2, 0.25) is 10.0 Å². The van der Waals surface area contributed by atoms with Crippen molar-refractivity contribution in [2.75, 3.05) is 25.1 Å². The number of ether oxygens (including phenoxy) is 1. The number of nitrogens with zero attached hydrogens (tertiary/aromatic N) is 2. The minimum absolute atomic E-state index is 0.00379. The first kappa shape index (κ1) is 16.5. The summed E-state index contributed by atoms with van der Waals surface area (Å²) < 4.78 is 48.3. The highest BCUT2D eigenvalue weighted by atomic mass is 35.5. The van der Waals surface area contributed by atoms with Crippen molar-refractivity contribution in [3.8, 4) is 0 Å². The van der Waals surface area contributed by atoms with Crippen molar-refractivity contribution in [3.05, 3.63) is 16.1 Å². The largest absolute Gasteiger partial charge is 0.411 e. The summed E-state index contributed by atoms with van der Waals surface area (Å²) in [5, 5.41) is 3.81. The van der Waals surface area contributed by atoms with Gasteiger partial charge in [0.25, 0.3) is 0 Å². The monoisotopic (exact) mass is 359 g/mol.